The maximum absolute atomic E-state index is 10.5. The minimum Gasteiger partial charge on any atom is -0.329 e. The van der Waals surface area contributed by atoms with Crippen LogP contribution in [0.25, 0.3) is 16.9 Å². The van der Waals surface area contributed by atoms with Crippen LogP contribution in [-0.4, -0.2) is 15.8 Å². The SMILES string of the molecule is O=CNc1cccc(-c2cn3cc(Cl)ccc3n2)c1. The lowest BCUT2D eigenvalue weighted by molar-refractivity contribution is -0.105. The number of hydrogen-bond donors (Lipinski definition) is 1. The molecule has 2 heterocycles. The molecule has 1 amide bonds. The highest BCUT2D eigenvalue weighted by molar-refractivity contribution is 6.30. The van der Waals surface area contributed by atoms with Crippen LogP contribution in [0.5, 0.6) is 0 Å². The van der Waals surface area contributed by atoms with E-state index in [-0.39, 0.29) is 0 Å². The number of hydrogen-bond acceptors (Lipinski definition) is 2. The Bertz CT molecular complexity index is 751. The summed E-state index contributed by atoms with van der Waals surface area (Å²) in [5.74, 6) is 0. The van der Waals surface area contributed by atoms with Gasteiger partial charge in [-0.25, -0.2) is 4.98 Å². The molecule has 5 heteroatoms. The van der Waals surface area contributed by atoms with Crippen molar-refractivity contribution in [2.75, 3.05) is 5.32 Å². The molecular weight excluding hydrogens is 262 g/mol. The van der Waals surface area contributed by atoms with E-state index in [1.807, 2.05) is 40.9 Å². The van der Waals surface area contributed by atoms with Crippen molar-refractivity contribution in [2.24, 2.45) is 0 Å². The summed E-state index contributed by atoms with van der Waals surface area (Å²) in [6.45, 7) is 0. The zero-order valence-corrected chi connectivity index (χ0v) is 10.6. The van der Waals surface area contributed by atoms with Crippen LogP contribution in [0.15, 0.2) is 48.8 Å². The molecule has 0 spiro atoms. The van der Waals surface area contributed by atoms with Crippen molar-refractivity contribution in [3.8, 4) is 11.3 Å². The smallest absolute Gasteiger partial charge is 0.211 e. The number of carbonyl (C=O) groups is 1. The average Bonchev–Trinajstić information content (AvgIpc) is 2.82. The third-order valence-corrected chi connectivity index (χ3v) is 3.02. The lowest BCUT2D eigenvalue weighted by atomic mass is 10.1. The molecule has 3 aromatic rings. The molecule has 3 rings (SSSR count). The zero-order valence-electron chi connectivity index (χ0n) is 9.88. The number of imidazole rings is 1. The third-order valence-electron chi connectivity index (χ3n) is 2.80. The second kappa shape index (κ2) is 4.74. The summed E-state index contributed by atoms with van der Waals surface area (Å²) < 4.78 is 1.87. The molecule has 2 aromatic heterocycles. The second-order valence-corrected chi connectivity index (χ2v) is 4.52. The molecule has 0 aliphatic heterocycles. The number of aromatic nitrogens is 2. The standard InChI is InChI=1S/C14H10ClN3O/c15-11-4-5-14-17-13(8-18(14)7-11)10-2-1-3-12(6-10)16-9-19/h1-9H,(H,16,19). The Kier molecular flexibility index (Phi) is 2.93. The molecule has 0 saturated heterocycles. The summed E-state index contributed by atoms with van der Waals surface area (Å²) in [7, 11) is 0. The van der Waals surface area contributed by atoms with E-state index in [1.54, 1.807) is 12.3 Å². The summed E-state index contributed by atoms with van der Waals surface area (Å²) in [5, 5.41) is 3.28. The van der Waals surface area contributed by atoms with Gasteiger partial charge in [0.15, 0.2) is 0 Å². The molecule has 0 aliphatic carbocycles. The number of rotatable bonds is 3. The molecule has 0 atom stereocenters. The molecule has 0 aliphatic rings. The Hall–Kier alpha value is -2.33. The number of fused-ring (bicyclic) bond motifs is 1. The first-order valence-electron chi connectivity index (χ1n) is 5.71. The predicted molar refractivity (Wildman–Crippen MR) is 75.3 cm³/mol. The highest BCUT2D eigenvalue weighted by Crippen LogP contribution is 2.23. The first-order valence-corrected chi connectivity index (χ1v) is 6.09. The van der Waals surface area contributed by atoms with E-state index in [4.69, 9.17) is 11.6 Å². The van der Waals surface area contributed by atoms with Crippen LogP contribution >= 0.6 is 11.6 Å². The summed E-state index contributed by atoms with van der Waals surface area (Å²) in [4.78, 5) is 15.0. The number of halogens is 1. The molecular formula is C14H10ClN3O. The first-order chi connectivity index (χ1) is 9.26. The number of nitrogens with one attached hydrogen (secondary N) is 1. The lowest BCUT2D eigenvalue weighted by Gasteiger charge is -2.00. The average molecular weight is 272 g/mol. The maximum atomic E-state index is 10.5. The minimum atomic E-state index is 0.655. The van der Waals surface area contributed by atoms with E-state index in [1.165, 1.54) is 0 Å². The number of pyridine rings is 1. The largest absolute Gasteiger partial charge is 0.329 e. The highest BCUT2D eigenvalue weighted by Gasteiger charge is 2.05. The van der Waals surface area contributed by atoms with Gasteiger partial charge in [-0.1, -0.05) is 23.7 Å². The Balaban J connectivity index is 2.08. The van der Waals surface area contributed by atoms with Gasteiger partial charge in [0.1, 0.15) is 5.65 Å². The molecule has 94 valence electrons. The van der Waals surface area contributed by atoms with Crippen LogP contribution in [0.1, 0.15) is 0 Å². The third kappa shape index (κ3) is 2.30. The van der Waals surface area contributed by atoms with Crippen LogP contribution < -0.4 is 5.32 Å². The minimum absolute atomic E-state index is 0.655. The summed E-state index contributed by atoms with van der Waals surface area (Å²) >= 11 is 5.94. The van der Waals surface area contributed by atoms with Crippen molar-refractivity contribution in [3.05, 3.63) is 53.8 Å². The fraction of sp³-hybridized carbons (Fsp3) is 0. The van der Waals surface area contributed by atoms with Crippen molar-refractivity contribution in [3.63, 3.8) is 0 Å². The van der Waals surface area contributed by atoms with E-state index in [9.17, 15) is 4.79 Å². The van der Waals surface area contributed by atoms with Gasteiger partial charge < -0.3 is 9.72 Å². The normalized spacial score (nSPS) is 10.6. The molecule has 4 nitrogen and oxygen atoms in total. The van der Waals surface area contributed by atoms with Gasteiger partial charge in [-0.2, -0.15) is 0 Å². The van der Waals surface area contributed by atoms with Crippen LogP contribution in [0.3, 0.4) is 0 Å². The molecule has 0 fully saturated rings. The van der Waals surface area contributed by atoms with Gasteiger partial charge in [0.05, 0.1) is 10.7 Å². The van der Waals surface area contributed by atoms with Crippen molar-refractivity contribution >= 4 is 29.3 Å². The summed E-state index contributed by atoms with van der Waals surface area (Å²) in [5.41, 5.74) is 3.33. The monoisotopic (exact) mass is 271 g/mol. The Morgan fingerprint density at radius 2 is 2.11 bits per heavy atom. The van der Waals surface area contributed by atoms with Gasteiger partial charge >= 0.3 is 0 Å². The van der Waals surface area contributed by atoms with Crippen molar-refractivity contribution in [1.29, 1.82) is 0 Å². The van der Waals surface area contributed by atoms with Crippen LogP contribution in [0, 0.1) is 0 Å². The highest BCUT2D eigenvalue weighted by atomic mass is 35.5. The molecule has 0 saturated carbocycles. The lowest BCUT2D eigenvalue weighted by Crippen LogP contribution is -1.93. The number of anilines is 1. The molecule has 0 unspecified atom stereocenters. The Labute approximate surface area is 114 Å². The quantitative estimate of drug-likeness (QED) is 0.744. The van der Waals surface area contributed by atoms with Gasteiger partial charge in [0.2, 0.25) is 6.41 Å². The van der Waals surface area contributed by atoms with Gasteiger partial charge in [0, 0.05) is 23.6 Å². The second-order valence-electron chi connectivity index (χ2n) is 4.08. The number of amides is 1. The van der Waals surface area contributed by atoms with E-state index >= 15 is 0 Å². The number of carbonyl (C=O) groups excluding carboxylic acids is 1. The topological polar surface area (TPSA) is 46.4 Å². The summed E-state index contributed by atoms with van der Waals surface area (Å²) in [6.07, 6.45) is 4.37. The van der Waals surface area contributed by atoms with Crippen LogP contribution in [0.2, 0.25) is 5.02 Å². The van der Waals surface area contributed by atoms with Gasteiger partial charge in [-0.3, -0.25) is 4.79 Å². The molecule has 19 heavy (non-hydrogen) atoms. The predicted octanol–water partition coefficient (Wildman–Crippen LogP) is 3.22. The van der Waals surface area contributed by atoms with Crippen LogP contribution in [-0.2, 0) is 4.79 Å². The Morgan fingerprint density at radius 1 is 1.21 bits per heavy atom. The van der Waals surface area contributed by atoms with Crippen molar-refractivity contribution in [2.45, 2.75) is 0 Å². The van der Waals surface area contributed by atoms with Crippen LogP contribution in [0.4, 0.5) is 5.69 Å². The Morgan fingerprint density at radius 3 is 2.95 bits per heavy atom. The van der Waals surface area contributed by atoms with E-state index in [0.29, 0.717) is 11.4 Å². The maximum Gasteiger partial charge on any atom is 0.211 e. The molecule has 0 bridgehead atoms. The molecule has 1 aromatic carbocycles. The number of benzene rings is 1. The molecule has 1 N–H and O–H groups in total. The molecule has 0 radical (unpaired) electrons. The fourth-order valence-corrected chi connectivity index (χ4v) is 2.11. The van der Waals surface area contributed by atoms with Gasteiger partial charge in [-0.05, 0) is 24.3 Å². The number of nitrogens with zero attached hydrogens (tertiary/aromatic N) is 2. The zero-order chi connectivity index (χ0) is 13.2. The van der Waals surface area contributed by atoms with Gasteiger partial charge in [0.25, 0.3) is 0 Å². The van der Waals surface area contributed by atoms with E-state index < -0.39 is 0 Å². The van der Waals surface area contributed by atoms with E-state index in [0.717, 1.165) is 22.6 Å². The van der Waals surface area contributed by atoms with Gasteiger partial charge in [-0.15, -0.1) is 0 Å². The van der Waals surface area contributed by atoms with Crippen molar-refractivity contribution < 1.29 is 4.79 Å². The fourth-order valence-electron chi connectivity index (χ4n) is 1.94. The first kappa shape index (κ1) is 11.7. The van der Waals surface area contributed by atoms with E-state index in [2.05, 4.69) is 10.3 Å². The van der Waals surface area contributed by atoms with Crippen molar-refractivity contribution in [1.82, 2.24) is 9.38 Å². The summed E-state index contributed by atoms with van der Waals surface area (Å²) in [6, 6.07) is 11.2.